The molecule has 0 radical (unpaired) electrons. The van der Waals surface area contributed by atoms with Crippen LogP contribution in [0, 0.1) is 26.6 Å². The van der Waals surface area contributed by atoms with E-state index in [1.54, 1.807) is 33.0 Å². The Morgan fingerprint density at radius 3 is 2.34 bits per heavy atom. The van der Waals surface area contributed by atoms with Gasteiger partial charge < -0.3 is 24.2 Å². The van der Waals surface area contributed by atoms with Crippen molar-refractivity contribution in [3.8, 4) is 11.1 Å². The summed E-state index contributed by atoms with van der Waals surface area (Å²) in [5.74, 6) is -1.58. The Morgan fingerprint density at radius 1 is 1.03 bits per heavy atom. The van der Waals surface area contributed by atoms with Crippen molar-refractivity contribution < 1.29 is 38.1 Å². The molecule has 0 aliphatic rings. The normalized spacial score (nSPS) is 12.5. The Labute approximate surface area is 204 Å². The third-order valence-corrected chi connectivity index (χ3v) is 5.26. The fourth-order valence-corrected chi connectivity index (χ4v) is 3.71. The Balaban J connectivity index is 2.11. The number of anilines is 1. The average molecular weight is 490 g/mol. The summed E-state index contributed by atoms with van der Waals surface area (Å²) in [7, 11) is 1.58. The second-order valence-electron chi connectivity index (χ2n) is 8.32. The van der Waals surface area contributed by atoms with Crippen LogP contribution in [0.1, 0.15) is 43.4 Å². The molecule has 1 amide bonds. The van der Waals surface area contributed by atoms with Gasteiger partial charge in [-0.05, 0) is 62.6 Å². The highest BCUT2D eigenvalue weighted by atomic mass is 19.1. The molecule has 0 saturated carbocycles. The first-order chi connectivity index (χ1) is 16.4. The van der Waals surface area contributed by atoms with Gasteiger partial charge in [-0.15, -0.1) is 0 Å². The number of hydrogen-bond acceptors (Lipinski definition) is 7. The molecule has 2 aromatic carbocycles. The van der Waals surface area contributed by atoms with Crippen molar-refractivity contribution in [2.24, 2.45) is 0 Å². The van der Waals surface area contributed by atoms with E-state index in [2.05, 4.69) is 4.74 Å². The molecule has 190 valence electrons. The van der Waals surface area contributed by atoms with Gasteiger partial charge in [0.25, 0.3) is 0 Å². The van der Waals surface area contributed by atoms with Crippen LogP contribution in [0.2, 0.25) is 0 Å². The molecular formula is C26H32FNO7. The molecule has 2 unspecified atom stereocenters. The summed E-state index contributed by atoms with van der Waals surface area (Å²) in [6.45, 7) is 8.51. The van der Waals surface area contributed by atoms with Gasteiger partial charge in [-0.1, -0.05) is 17.7 Å². The van der Waals surface area contributed by atoms with Crippen LogP contribution < -0.4 is 4.90 Å². The molecule has 0 heterocycles. The van der Waals surface area contributed by atoms with E-state index in [9.17, 15) is 23.9 Å². The highest BCUT2D eigenvalue weighted by molar-refractivity contribution is 5.99. The van der Waals surface area contributed by atoms with Gasteiger partial charge in [0.15, 0.2) is 0 Å². The minimum Gasteiger partial charge on any atom is -0.435 e. The van der Waals surface area contributed by atoms with Crippen LogP contribution in [0.25, 0.3) is 11.1 Å². The molecule has 0 fully saturated rings. The van der Waals surface area contributed by atoms with Crippen molar-refractivity contribution in [3.63, 3.8) is 0 Å². The van der Waals surface area contributed by atoms with E-state index in [-0.39, 0.29) is 18.8 Å². The number of hydrogen-bond donors (Lipinski definition) is 1. The first kappa shape index (κ1) is 27.8. The third kappa shape index (κ3) is 7.78. The number of rotatable bonds is 9. The van der Waals surface area contributed by atoms with E-state index in [0.717, 1.165) is 22.3 Å². The summed E-state index contributed by atoms with van der Waals surface area (Å²) in [6.07, 6.45) is -4.30. The first-order valence-corrected chi connectivity index (χ1v) is 11.3. The number of nitrogens with zero attached hydrogens (tertiary/aromatic N) is 1. The van der Waals surface area contributed by atoms with Crippen LogP contribution in [-0.2, 0) is 23.8 Å². The van der Waals surface area contributed by atoms with Gasteiger partial charge >= 0.3 is 12.1 Å². The van der Waals surface area contributed by atoms with Crippen LogP contribution in [0.5, 0.6) is 0 Å². The summed E-state index contributed by atoms with van der Waals surface area (Å²) in [5, 5.41) is 10.3. The second kappa shape index (κ2) is 12.3. The van der Waals surface area contributed by atoms with Gasteiger partial charge in [0.05, 0.1) is 31.2 Å². The predicted octanol–water partition coefficient (Wildman–Crippen LogP) is 4.58. The SMILES string of the molecule is CCOC(=O)OC(C)OC(=O)CC(O)CC(=O)N(C)c1c(C)cc(C)cc1-c1ccc(F)c(C)c1. The highest BCUT2D eigenvalue weighted by Crippen LogP contribution is 2.35. The van der Waals surface area contributed by atoms with Gasteiger partial charge in [-0.3, -0.25) is 9.59 Å². The number of carbonyl (C=O) groups excluding carboxylic acids is 3. The quantitative estimate of drug-likeness (QED) is 0.406. The summed E-state index contributed by atoms with van der Waals surface area (Å²) in [4.78, 5) is 37.7. The van der Waals surface area contributed by atoms with Gasteiger partial charge in [0.1, 0.15) is 5.82 Å². The van der Waals surface area contributed by atoms with Crippen LogP contribution in [0.3, 0.4) is 0 Å². The molecule has 0 aromatic heterocycles. The summed E-state index contributed by atoms with van der Waals surface area (Å²) in [6, 6.07) is 8.60. The standard InChI is InChI=1S/C26H32FNO7/c1-7-33-26(32)35-18(5)34-24(31)14-20(29)13-23(30)28(6)25-17(4)10-15(2)11-21(25)19-8-9-22(27)16(3)12-19/h8-12,18,20,29H,7,13-14H2,1-6H3. The lowest BCUT2D eigenvalue weighted by molar-refractivity contribution is -0.169. The lowest BCUT2D eigenvalue weighted by Gasteiger charge is -2.25. The maximum Gasteiger partial charge on any atom is 0.511 e. The number of aryl methyl sites for hydroxylation is 3. The Kier molecular flexibility index (Phi) is 9.77. The molecule has 8 nitrogen and oxygen atoms in total. The van der Waals surface area contributed by atoms with E-state index in [4.69, 9.17) is 9.47 Å². The molecule has 0 aliphatic heterocycles. The zero-order valence-corrected chi connectivity index (χ0v) is 20.9. The van der Waals surface area contributed by atoms with E-state index in [1.807, 2.05) is 26.0 Å². The zero-order valence-electron chi connectivity index (χ0n) is 20.9. The van der Waals surface area contributed by atoms with Crippen molar-refractivity contribution in [3.05, 3.63) is 52.8 Å². The monoisotopic (exact) mass is 489 g/mol. The van der Waals surface area contributed by atoms with Crippen LogP contribution in [0.15, 0.2) is 30.3 Å². The predicted molar refractivity (Wildman–Crippen MR) is 128 cm³/mol. The molecule has 1 N–H and O–H groups in total. The lowest BCUT2D eigenvalue weighted by atomic mass is 9.95. The van der Waals surface area contributed by atoms with E-state index >= 15 is 0 Å². The van der Waals surface area contributed by atoms with E-state index < -0.39 is 36.8 Å². The molecule has 2 atom stereocenters. The molecule has 2 aromatic rings. The van der Waals surface area contributed by atoms with Gasteiger partial charge in [-0.2, -0.15) is 0 Å². The number of halogens is 1. The largest absolute Gasteiger partial charge is 0.511 e. The number of ether oxygens (including phenoxy) is 3. The average Bonchev–Trinajstić information content (AvgIpc) is 2.74. The fourth-order valence-electron chi connectivity index (χ4n) is 3.71. The summed E-state index contributed by atoms with van der Waals surface area (Å²) in [5.41, 5.74) is 4.42. The van der Waals surface area contributed by atoms with Crippen LogP contribution >= 0.6 is 0 Å². The first-order valence-electron chi connectivity index (χ1n) is 11.3. The van der Waals surface area contributed by atoms with Crippen molar-refractivity contribution in [1.82, 2.24) is 0 Å². The van der Waals surface area contributed by atoms with Crippen molar-refractivity contribution in [2.45, 2.75) is 59.9 Å². The molecule has 0 spiro atoms. The Hall–Kier alpha value is -3.46. The molecular weight excluding hydrogens is 457 g/mol. The van der Waals surface area contributed by atoms with Crippen LogP contribution in [0.4, 0.5) is 14.9 Å². The number of carbonyl (C=O) groups is 3. The molecule has 0 aliphatic carbocycles. The van der Waals surface area contributed by atoms with Crippen LogP contribution in [-0.4, -0.2) is 49.2 Å². The van der Waals surface area contributed by atoms with E-state index in [0.29, 0.717) is 11.3 Å². The van der Waals surface area contributed by atoms with E-state index in [1.165, 1.54) is 17.9 Å². The summed E-state index contributed by atoms with van der Waals surface area (Å²) >= 11 is 0. The van der Waals surface area contributed by atoms with Gasteiger partial charge in [0.2, 0.25) is 12.2 Å². The van der Waals surface area contributed by atoms with Crippen molar-refractivity contribution >= 4 is 23.7 Å². The Bertz CT molecular complexity index is 1090. The highest BCUT2D eigenvalue weighted by Gasteiger charge is 2.24. The smallest absolute Gasteiger partial charge is 0.435 e. The summed E-state index contributed by atoms with van der Waals surface area (Å²) < 4.78 is 28.1. The number of aliphatic hydroxyl groups excluding tert-OH is 1. The maximum atomic E-state index is 13.8. The minimum absolute atomic E-state index is 0.108. The zero-order chi connectivity index (χ0) is 26.3. The van der Waals surface area contributed by atoms with Gasteiger partial charge in [-0.25, -0.2) is 9.18 Å². The topological polar surface area (TPSA) is 102 Å². The number of amides is 1. The third-order valence-electron chi connectivity index (χ3n) is 5.26. The fraction of sp³-hybridized carbons (Fsp3) is 0.423. The molecule has 9 heteroatoms. The second-order valence-corrected chi connectivity index (χ2v) is 8.32. The van der Waals surface area contributed by atoms with Crippen molar-refractivity contribution in [1.29, 1.82) is 0 Å². The molecule has 2 rings (SSSR count). The molecule has 0 saturated heterocycles. The van der Waals surface area contributed by atoms with Gasteiger partial charge in [0, 0.05) is 19.5 Å². The minimum atomic E-state index is -1.31. The van der Waals surface area contributed by atoms with Crippen molar-refractivity contribution in [2.75, 3.05) is 18.6 Å². The maximum absolute atomic E-state index is 13.8. The Morgan fingerprint density at radius 2 is 1.71 bits per heavy atom. The lowest BCUT2D eigenvalue weighted by Crippen LogP contribution is -2.32. The number of esters is 1. The molecule has 0 bridgehead atoms. The number of aliphatic hydroxyl groups is 1. The molecule has 35 heavy (non-hydrogen) atoms. The number of benzene rings is 2.